The molecule has 2 aromatic carbocycles. The molecule has 29 heavy (non-hydrogen) atoms. The number of aromatic nitrogens is 1. The molecule has 1 aromatic heterocycles. The zero-order valence-electron chi connectivity index (χ0n) is 17.1. The molecule has 4 rings (SSSR count). The van der Waals surface area contributed by atoms with Gasteiger partial charge in [-0.25, -0.2) is 4.98 Å². The molecular weight excluding hydrogens is 360 g/mol. The Morgan fingerprint density at radius 3 is 2.45 bits per heavy atom. The summed E-state index contributed by atoms with van der Waals surface area (Å²) in [5.74, 6) is 0.837. The van der Waals surface area contributed by atoms with Gasteiger partial charge < -0.3 is 15.1 Å². The second-order valence-corrected chi connectivity index (χ2v) is 7.68. The highest BCUT2D eigenvalue weighted by atomic mass is 16.1. The van der Waals surface area contributed by atoms with Gasteiger partial charge in [-0.3, -0.25) is 4.79 Å². The highest BCUT2D eigenvalue weighted by molar-refractivity contribution is 6.07. The SMILES string of the molecule is CCC(NC(=O)c1cc(N2CCN(C)CC2)nc2ccccc12)c1ccccc1. The standard InChI is InChI=1S/C24H28N4O/c1-3-21(18-9-5-4-6-10-18)26-24(29)20-17-23(28-15-13-27(2)14-16-28)25-22-12-8-7-11-19(20)22/h4-12,17,21H,3,13-16H2,1-2H3,(H,26,29). The average molecular weight is 389 g/mol. The molecule has 0 bridgehead atoms. The first-order chi connectivity index (χ1) is 14.2. The summed E-state index contributed by atoms with van der Waals surface area (Å²) >= 11 is 0. The van der Waals surface area contributed by atoms with E-state index in [4.69, 9.17) is 4.98 Å². The Bertz CT molecular complexity index is 981. The van der Waals surface area contributed by atoms with E-state index in [0.717, 1.165) is 54.9 Å². The van der Waals surface area contributed by atoms with Gasteiger partial charge in [0.2, 0.25) is 0 Å². The molecule has 1 atom stereocenters. The Hall–Kier alpha value is -2.92. The number of nitrogens with zero attached hydrogens (tertiary/aromatic N) is 3. The molecule has 3 aromatic rings. The molecule has 1 amide bonds. The van der Waals surface area contributed by atoms with Gasteiger partial charge >= 0.3 is 0 Å². The molecular formula is C24H28N4O. The number of hydrogen-bond acceptors (Lipinski definition) is 4. The van der Waals surface area contributed by atoms with Gasteiger partial charge in [-0.2, -0.15) is 0 Å². The van der Waals surface area contributed by atoms with E-state index in [1.54, 1.807) is 0 Å². The Morgan fingerprint density at radius 1 is 1.03 bits per heavy atom. The lowest BCUT2D eigenvalue weighted by molar-refractivity contribution is 0.0937. The molecule has 2 heterocycles. The van der Waals surface area contributed by atoms with Crippen molar-refractivity contribution in [1.82, 2.24) is 15.2 Å². The van der Waals surface area contributed by atoms with E-state index in [0.29, 0.717) is 5.56 Å². The number of anilines is 1. The number of pyridine rings is 1. The molecule has 5 heteroatoms. The summed E-state index contributed by atoms with van der Waals surface area (Å²) in [7, 11) is 2.14. The number of carbonyl (C=O) groups is 1. The summed E-state index contributed by atoms with van der Waals surface area (Å²) in [6.45, 7) is 5.94. The molecule has 0 saturated carbocycles. The number of likely N-dealkylation sites (N-methyl/N-ethyl adjacent to an activating group) is 1. The molecule has 0 spiro atoms. The number of benzene rings is 2. The van der Waals surface area contributed by atoms with Gasteiger partial charge in [-0.15, -0.1) is 0 Å². The van der Waals surface area contributed by atoms with Crippen LogP contribution >= 0.6 is 0 Å². The minimum atomic E-state index is -0.0466. The van der Waals surface area contributed by atoms with E-state index in [-0.39, 0.29) is 11.9 Å². The number of rotatable bonds is 5. The van der Waals surface area contributed by atoms with E-state index in [2.05, 4.69) is 41.2 Å². The van der Waals surface area contributed by atoms with Crippen LogP contribution in [0.4, 0.5) is 5.82 Å². The molecule has 1 saturated heterocycles. The lowest BCUT2D eigenvalue weighted by atomic mass is 10.0. The molecule has 1 fully saturated rings. The fourth-order valence-corrected chi connectivity index (χ4v) is 3.89. The van der Waals surface area contributed by atoms with Crippen LogP contribution in [0.5, 0.6) is 0 Å². The fourth-order valence-electron chi connectivity index (χ4n) is 3.89. The van der Waals surface area contributed by atoms with Gasteiger partial charge in [0, 0.05) is 31.6 Å². The van der Waals surface area contributed by atoms with Crippen LogP contribution < -0.4 is 10.2 Å². The topological polar surface area (TPSA) is 48.5 Å². The van der Waals surface area contributed by atoms with Crippen molar-refractivity contribution in [2.24, 2.45) is 0 Å². The summed E-state index contributed by atoms with van der Waals surface area (Å²) in [6.07, 6.45) is 0.837. The number of carbonyl (C=O) groups excluding carboxylic acids is 1. The first-order valence-electron chi connectivity index (χ1n) is 10.3. The summed E-state index contributed by atoms with van der Waals surface area (Å²) in [4.78, 5) is 22.8. The van der Waals surface area contributed by atoms with Crippen molar-refractivity contribution in [2.45, 2.75) is 19.4 Å². The summed E-state index contributed by atoms with van der Waals surface area (Å²) in [6, 6.07) is 20.0. The quantitative estimate of drug-likeness (QED) is 0.721. The van der Waals surface area contributed by atoms with Gasteiger partial charge in [0.15, 0.2) is 0 Å². The first kappa shape index (κ1) is 19.4. The van der Waals surface area contributed by atoms with Crippen LogP contribution in [0.1, 0.15) is 35.3 Å². The van der Waals surface area contributed by atoms with E-state index in [1.165, 1.54) is 0 Å². The monoisotopic (exact) mass is 388 g/mol. The van der Waals surface area contributed by atoms with Crippen molar-refractivity contribution >= 4 is 22.6 Å². The smallest absolute Gasteiger partial charge is 0.252 e. The minimum Gasteiger partial charge on any atom is -0.354 e. The Balaban J connectivity index is 1.67. The molecule has 150 valence electrons. The molecule has 1 N–H and O–H groups in total. The molecule has 1 aliphatic rings. The third-order valence-electron chi connectivity index (χ3n) is 5.69. The van der Waals surface area contributed by atoms with Crippen molar-refractivity contribution in [1.29, 1.82) is 0 Å². The van der Waals surface area contributed by atoms with Crippen molar-refractivity contribution in [3.63, 3.8) is 0 Å². The Labute approximate surface area is 172 Å². The molecule has 5 nitrogen and oxygen atoms in total. The minimum absolute atomic E-state index is 0.0114. The first-order valence-corrected chi connectivity index (χ1v) is 10.3. The normalized spacial score (nSPS) is 16.0. The van der Waals surface area contributed by atoms with Crippen LogP contribution in [0.15, 0.2) is 60.7 Å². The van der Waals surface area contributed by atoms with Crippen molar-refractivity contribution in [2.75, 3.05) is 38.1 Å². The van der Waals surface area contributed by atoms with Gasteiger partial charge in [0.1, 0.15) is 5.82 Å². The number of para-hydroxylation sites is 1. The molecule has 1 aliphatic heterocycles. The van der Waals surface area contributed by atoms with Gasteiger partial charge in [0.05, 0.1) is 17.1 Å². The predicted octanol–water partition coefficient (Wildman–Crippen LogP) is 3.87. The maximum atomic E-state index is 13.3. The third kappa shape index (κ3) is 4.25. The molecule has 0 aliphatic carbocycles. The second-order valence-electron chi connectivity index (χ2n) is 7.68. The number of nitrogens with one attached hydrogen (secondary N) is 1. The van der Waals surface area contributed by atoms with Gasteiger partial charge in [0.25, 0.3) is 5.91 Å². The van der Waals surface area contributed by atoms with E-state index in [9.17, 15) is 4.79 Å². The zero-order valence-corrected chi connectivity index (χ0v) is 17.1. The summed E-state index contributed by atoms with van der Waals surface area (Å²) in [5, 5.41) is 4.13. The third-order valence-corrected chi connectivity index (χ3v) is 5.69. The summed E-state index contributed by atoms with van der Waals surface area (Å²) in [5.41, 5.74) is 2.68. The van der Waals surface area contributed by atoms with Crippen LogP contribution in [0.2, 0.25) is 0 Å². The zero-order chi connectivity index (χ0) is 20.2. The lowest BCUT2D eigenvalue weighted by Gasteiger charge is -2.33. The largest absolute Gasteiger partial charge is 0.354 e. The molecule has 1 unspecified atom stereocenters. The second kappa shape index (κ2) is 8.62. The number of piperazine rings is 1. The Morgan fingerprint density at radius 2 is 1.72 bits per heavy atom. The fraction of sp³-hybridized carbons (Fsp3) is 0.333. The van der Waals surface area contributed by atoms with Crippen LogP contribution in [-0.4, -0.2) is 49.0 Å². The maximum Gasteiger partial charge on any atom is 0.252 e. The van der Waals surface area contributed by atoms with Gasteiger partial charge in [-0.1, -0.05) is 55.5 Å². The van der Waals surface area contributed by atoms with Crippen molar-refractivity contribution < 1.29 is 4.79 Å². The van der Waals surface area contributed by atoms with Crippen molar-refractivity contribution in [3.05, 3.63) is 71.8 Å². The van der Waals surface area contributed by atoms with E-state index >= 15 is 0 Å². The number of hydrogen-bond donors (Lipinski definition) is 1. The van der Waals surface area contributed by atoms with Crippen molar-refractivity contribution in [3.8, 4) is 0 Å². The highest BCUT2D eigenvalue weighted by Crippen LogP contribution is 2.25. The van der Waals surface area contributed by atoms with Crippen LogP contribution in [0.3, 0.4) is 0 Å². The van der Waals surface area contributed by atoms with E-state index < -0.39 is 0 Å². The number of fused-ring (bicyclic) bond motifs is 1. The average Bonchev–Trinajstić information content (AvgIpc) is 2.77. The Kier molecular flexibility index (Phi) is 5.76. The lowest BCUT2D eigenvalue weighted by Crippen LogP contribution is -2.45. The van der Waals surface area contributed by atoms with Crippen LogP contribution in [-0.2, 0) is 0 Å². The van der Waals surface area contributed by atoms with Crippen LogP contribution in [0.25, 0.3) is 10.9 Å². The highest BCUT2D eigenvalue weighted by Gasteiger charge is 2.21. The molecule has 0 radical (unpaired) electrons. The number of amides is 1. The van der Waals surface area contributed by atoms with E-state index in [1.807, 2.05) is 48.5 Å². The predicted molar refractivity (Wildman–Crippen MR) is 118 cm³/mol. The maximum absolute atomic E-state index is 13.3. The van der Waals surface area contributed by atoms with Gasteiger partial charge in [-0.05, 0) is 31.2 Å². The van der Waals surface area contributed by atoms with Crippen LogP contribution in [0, 0.1) is 0 Å². The summed E-state index contributed by atoms with van der Waals surface area (Å²) < 4.78 is 0.